The first-order valence-electron chi connectivity index (χ1n) is 10.1. The van der Waals surface area contributed by atoms with Crippen molar-refractivity contribution in [2.75, 3.05) is 26.2 Å². The molecule has 0 aliphatic carbocycles. The third kappa shape index (κ3) is 4.22. The quantitative estimate of drug-likeness (QED) is 0.614. The zero-order valence-corrected chi connectivity index (χ0v) is 17.7. The molecule has 0 spiro atoms. The van der Waals surface area contributed by atoms with Crippen molar-refractivity contribution < 1.29 is 12.8 Å². The number of hydrogen-bond acceptors (Lipinski definition) is 5. The monoisotopic (exact) mass is 413 g/mol. The number of sulfonamides is 1. The molecule has 2 aromatic carbocycles. The Labute approximate surface area is 172 Å². The maximum atomic E-state index is 13.0. The fourth-order valence-corrected chi connectivity index (χ4v) is 5.08. The molecule has 29 heavy (non-hydrogen) atoms. The van der Waals surface area contributed by atoms with E-state index in [9.17, 15) is 8.42 Å². The van der Waals surface area contributed by atoms with Crippen LogP contribution in [0.15, 0.2) is 57.8 Å². The molecule has 6 nitrogen and oxygen atoms in total. The zero-order chi connectivity index (χ0) is 20.4. The van der Waals surface area contributed by atoms with E-state index < -0.39 is 10.0 Å². The maximum absolute atomic E-state index is 13.0. The second kappa shape index (κ2) is 8.26. The third-order valence-corrected chi connectivity index (χ3v) is 7.64. The molecule has 1 aliphatic rings. The highest BCUT2D eigenvalue weighted by atomic mass is 32.2. The van der Waals surface area contributed by atoms with Crippen LogP contribution < -0.4 is 0 Å². The van der Waals surface area contributed by atoms with Gasteiger partial charge in [-0.1, -0.05) is 38.1 Å². The summed E-state index contributed by atoms with van der Waals surface area (Å²) < 4.78 is 33.4. The van der Waals surface area contributed by atoms with E-state index >= 15 is 0 Å². The number of benzene rings is 2. The lowest BCUT2D eigenvalue weighted by Crippen LogP contribution is -2.48. The van der Waals surface area contributed by atoms with Gasteiger partial charge in [0.25, 0.3) is 0 Å². The Kier molecular flexibility index (Phi) is 5.72. The van der Waals surface area contributed by atoms with E-state index in [0.717, 1.165) is 17.5 Å². The highest BCUT2D eigenvalue weighted by Gasteiger charge is 2.29. The molecular formula is C22H27N3O3S. The van der Waals surface area contributed by atoms with Crippen molar-refractivity contribution in [2.45, 2.75) is 37.6 Å². The van der Waals surface area contributed by atoms with E-state index in [1.54, 1.807) is 16.4 Å². The molecule has 0 bridgehead atoms. The molecular weight excluding hydrogens is 386 g/mol. The van der Waals surface area contributed by atoms with E-state index in [2.05, 4.69) is 23.7 Å². The summed E-state index contributed by atoms with van der Waals surface area (Å²) in [4.78, 5) is 7.07. The SMILES string of the molecule is CCC(C)c1ccc(S(=O)(=O)N2CCN(Cc3nc4ccccc4o3)CC2)cc1. The molecule has 0 amide bonds. The molecule has 7 heteroatoms. The van der Waals surface area contributed by atoms with Crippen molar-refractivity contribution in [3.05, 3.63) is 60.0 Å². The lowest BCUT2D eigenvalue weighted by Gasteiger charge is -2.33. The van der Waals surface area contributed by atoms with Crippen LogP contribution in [0.4, 0.5) is 0 Å². The Hall–Kier alpha value is -2.22. The first kappa shape index (κ1) is 20.1. The molecule has 0 N–H and O–H groups in total. The Balaban J connectivity index is 1.39. The molecule has 1 atom stereocenters. The molecule has 3 aromatic rings. The van der Waals surface area contributed by atoms with Crippen molar-refractivity contribution in [3.8, 4) is 0 Å². The smallest absolute Gasteiger partial charge is 0.243 e. The third-order valence-electron chi connectivity index (χ3n) is 5.73. The van der Waals surface area contributed by atoms with Crippen LogP contribution in [0.1, 0.15) is 37.6 Å². The summed E-state index contributed by atoms with van der Waals surface area (Å²) in [7, 11) is -3.46. The number of hydrogen-bond donors (Lipinski definition) is 0. The predicted octanol–water partition coefficient (Wildman–Crippen LogP) is 3.85. The van der Waals surface area contributed by atoms with Gasteiger partial charge in [0.1, 0.15) is 5.52 Å². The Morgan fingerprint density at radius 3 is 2.38 bits per heavy atom. The topological polar surface area (TPSA) is 66.7 Å². The predicted molar refractivity (Wildman–Crippen MR) is 113 cm³/mol. The highest BCUT2D eigenvalue weighted by Crippen LogP contribution is 2.23. The maximum Gasteiger partial charge on any atom is 0.243 e. The van der Waals surface area contributed by atoms with E-state index in [-0.39, 0.29) is 0 Å². The number of rotatable bonds is 6. The summed E-state index contributed by atoms with van der Waals surface area (Å²) in [6.45, 7) is 7.12. The van der Waals surface area contributed by atoms with Crippen LogP contribution in [0.2, 0.25) is 0 Å². The summed E-state index contributed by atoms with van der Waals surface area (Å²) in [6.07, 6.45) is 1.04. The van der Waals surface area contributed by atoms with Gasteiger partial charge in [0.2, 0.25) is 15.9 Å². The van der Waals surface area contributed by atoms with Crippen molar-refractivity contribution in [2.24, 2.45) is 0 Å². The van der Waals surface area contributed by atoms with Crippen LogP contribution >= 0.6 is 0 Å². The van der Waals surface area contributed by atoms with E-state index in [1.165, 1.54) is 5.56 Å². The number of para-hydroxylation sites is 2. The van der Waals surface area contributed by atoms with Gasteiger partial charge in [0.15, 0.2) is 5.58 Å². The Morgan fingerprint density at radius 1 is 1.03 bits per heavy atom. The first-order valence-corrected chi connectivity index (χ1v) is 11.6. The molecule has 0 radical (unpaired) electrons. The fraction of sp³-hybridized carbons (Fsp3) is 0.409. The molecule has 154 valence electrons. The van der Waals surface area contributed by atoms with Gasteiger partial charge in [0.05, 0.1) is 11.4 Å². The largest absolute Gasteiger partial charge is 0.439 e. The molecule has 0 saturated carbocycles. The van der Waals surface area contributed by atoms with Gasteiger partial charge in [-0.2, -0.15) is 4.31 Å². The number of nitrogens with zero attached hydrogens (tertiary/aromatic N) is 3. The summed E-state index contributed by atoms with van der Waals surface area (Å²) >= 11 is 0. The van der Waals surface area contributed by atoms with Crippen molar-refractivity contribution in [3.63, 3.8) is 0 Å². The molecule has 4 rings (SSSR count). The van der Waals surface area contributed by atoms with Crippen LogP contribution in [0.25, 0.3) is 11.1 Å². The second-order valence-corrected chi connectivity index (χ2v) is 9.57. The minimum Gasteiger partial charge on any atom is -0.439 e. The molecule has 1 aliphatic heterocycles. The Morgan fingerprint density at radius 2 is 1.72 bits per heavy atom. The minimum absolute atomic E-state index is 0.372. The highest BCUT2D eigenvalue weighted by molar-refractivity contribution is 7.89. The molecule has 1 fully saturated rings. The lowest BCUT2D eigenvalue weighted by atomic mass is 9.99. The van der Waals surface area contributed by atoms with Crippen LogP contribution in [0.3, 0.4) is 0 Å². The molecule has 2 heterocycles. The van der Waals surface area contributed by atoms with E-state index in [0.29, 0.717) is 49.4 Å². The lowest BCUT2D eigenvalue weighted by molar-refractivity contribution is 0.169. The van der Waals surface area contributed by atoms with Crippen molar-refractivity contribution >= 4 is 21.1 Å². The van der Waals surface area contributed by atoms with E-state index in [1.807, 2.05) is 36.4 Å². The Bertz CT molecular complexity index is 1040. The minimum atomic E-state index is -3.46. The van der Waals surface area contributed by atoms with Crippen LogP contribution in [-0.4, -0.2) is 48.8 Å². The first-order chi connectivity index (χ1) is 14.0. The number of fused-ring (bicyclic) bond motifs is 1. The van der Waals surface area contributed by atoms with Crippen molar-refractivity contribution in [1.29, 1.82) is 0 Å². The van der Waals surface area contributed by atoms with Gasteiger partial charge >= 0.3 is 0 Å². The molecule has 1 aromatic heterocycles. The van der Waals surface area contributed by atoms with Gasteiger partial charge in [-0.3, -0.25) is 4.90 Å². The van der Waals surface area contributed by atoms with Gasteiger partial charge in [-0.25, -0.2) is 13.4 Å². The number of piperazine rings is 1. The standard InChI is InChI=1S/C22H27N3O3S/c1-3-17(2)18-8-10-19(11-9-18)29(26,27)25-14-12-24(13-15-25)16-22-23-20-6-4-5-7-21(20)28-22/h4-11,17H,3,12-16H2,1-2H3. The van der Waals surface area contributed by atoms with Gasteiger partial charge in [-0.15, -0.1) is 0 Å². The zero-order valence-electron chi connectivity index (χ0n) is 16.9. The number of aromatic nitrogens is 1. The van der Waals surface area contributed by atoms with Crippen LogP contribution in [0, 0.1) is 0 Å². The summed E-state index contributed by atoms with van der Waals surface area (Å²) in [5.41, 5.74) is 2.81. The van der Waals surface area contributed by atoms with Gasteiger partial charge < -0.3 is 4.42 Å². The van der Waals surface area contributed by atoms with Gasteiger partial charge in [-0.05, 0) is 42.2 Å². The van der Waals surface area contributed by atoms with E-state index in [4.69, 9.17) is 4.42 Å². The second-order valence-electron chi connectivity index (χ2n) is 7.63. The van der Waals surface area contributed by atoms with Crippen LogP contribution in [0.5, 0.6) is 0 Å². The average Bonchev–Trinajstić information content (AvgIpc) is 3.16. The molecule has 1 saturated heterocycles. The summed E-state index contributed by atoms with van der Waals surface area (Å²) in [5, 5.41) is 0. The fourth-order valence-electron chi connectivity index (χ4n) is 3.66. The number of oxazole rings is 1. The van der Waals surface area contributed by atoms with Crippen LogP contribution in [-0.2, 0) is 16.6 Å². The van der Waals surface area contributed by atoms with Gasteiger partial charge in [0, 0.05) is 26.2 Å². The molecule has 1 unspecified atom stereocenters. The average molecular weight is 414 g/mol. The normalized spacial score (nSPS) is 17.6. The van der Waals surface area contributed by atoms with Crippen molar-refractivity contribution in [1.82, 2.24) is 14.2 Å². The summed E-state index contributed by atoms with van der Waals surface area (Å²) in [6, 6.07) is 15.0. The summed E-state index contributed by atoms with van der Waals surface area (Å²) in [5.74, 6) is 1.10.